The molecular weight excluding hydrogens is 162 g/mol. The lowest BCUT2D eigenvalue weighted by molar-refractivity contribution is 0.257. The quantitative estimate of drug-likeness (QED) is 0.516. The summed E-state index contributed by atoms with van der Waals surface area (Å²) in [7, 11) is 0. The highest BCUT2D eigenvalue weighted by Crippen LogP contribution is 2.23. The van der Waals surface area contributed by atoms with E-state index in [1.807, 2.05) is 13.1 Å². The summed E-state index contributed by atoms with van der Waals surface area (Å²) in [6.07, 6.45) is 8.59. The molecule has 0 saturated heterocycles. The highest BCUT2D eigenvalue weighted by molar-refractivity contribution is 4.90. The van der Waals surface area contributed by atoms with E-state index in [1.54, 1.807) is 5.01 Å². The average molecular weight is 183 g/mol. The van der Waals surface area contributed by atoms with Crippen LogP contribution in [0.4, 0.5) is 0 Å². The van der Waals surface area contributed by atoms with Gasteiger partial charge in [0.05, 0.1) is 0 Å². The first kappa shape index (κ1) is 10.4. The van der Waals surface area contributed by atoms with Gasteiger partial charge in [0, 0.05) is 18.4 Å². The molecule has 1 saturated carbocycles. The van der Waals surface area contributed by atoms with Crippen molar-refractivity contribution >= 4 is 0 Å². The molecule has 1 fully saturated rings. The Morgan fingerprint density at radius 3 is 2.54 bits per heavy atom. The molecule has 3 nitrogen and oxygen atoms in total. The van der Waals surface area contributed by atoms with Gasteiger partial charge < -0.3 is 10.7 Å². The summed E-state index contributed by atoms with van der Waals surface area (Å²) in [6.45, 7) is 2.81. The van der Waals surface area contributed by atoms with Gasteiger partial charge in [-0.25, -0.2) is 5.84 Å². The molecule has 0 atom stereocenters. The molecular formula is C10H21N3. The van der Waals surface area contributed by atoms with Gasteiger partial charge in [-0.2, -0.15) is 0 Å². The lowest BCUT2D eigenvalue weighted by atomic mass is 9.89. The second-order valence-corrected chi connectivity index (χ2v) is 4.07. The van der Waals surface area contributed by atoms with Crippen LogP contribution >= 0.6 is 0 Å². The first-order valence-corrected chi connectivity index (χ1v) is 5.13. The molecule has 1 aliphatic carbocycles. The van der Waals surface area contributed by atoms with Crippen LogP contribution in [0.1, 0.15) is 39.0 Å². The number of hydrogen-bond donors (Lipinski definition) is 2. The fourth-order valence-corrected chi connectivity index (χ4v) is 1.98. The van der Waals surface area contributed by atoms with Gasteiger partial charge in [-0.05, 0) is 25.7 Å². The maximum absolute atomic E-state index is 5.78. The number of nitrogens with two attached hydrogens (primary N) is 2. The molecule has 0 aromatic rings. The van der Waals surface area contributed by atoms with Gasteiger partial charge in [0.15, 0.2) is 0 Å². The number of hydrogen-bond acceptors (Lipinski definition) is 3. The molecule has 0 unspecified atom stereocenters. The highest BCUT2D eigenvalue weighted by Gasteiger charge is 2.14. The third-order valence-corrected chi connectivity index (χ3v) is 2.56. The first-order valence-electron chi connectivity index (χ1n) is 5.13. The van der Waals surface area contributed by atoms with E-state index in [9.17, 15) is 0 Å². The van der Waals surface area contributed by atoms with E-state index >= 15 is 0 Å². The van der Waals surface area contributed by atoms with E-state index in [4.69, 9.17) is 11.6 Å². The van der Waals surface area contributed by atoms with Crippen LogP contribution < -0.4 is 11.6 Å². The molecule has 4 N–H and O–H groups in total. The van der Waals surface area contributed by atoms with Crippen molar-refractivity contribution in [2.45, 2.75) is 39.0 Å². The molecule has 76 valence electrons. The van der Waals surface area contributed by atoms with Crippen molar-refractivity contribution in [3.8, 4) is 0 Å². The molecule has 13 heavy (non-hydrogen) atoms. The van der Waals surface area contributed by atoms with Gasteiger partial charge in [0.25, 0.3) is 0 Å². The Labute approximate surface area is 80.7 Å². The summed E-state index contributed by atoms with van der Waals surface area (Å²) in [6, 6.07) is 0. The lowest BCUT2D eigenvalue weighted by Crippen LogP contribution is -2.32. The van der Waals surface area contributed by atoms with Gasteiger partial charge in [-0.3, -0.25) is 0 Å². The first-order chi connectivity index (χ1) is 6.18. The Morgan fingerprint density at radius 1 is 1.38 bits per heavy atom. The average Bonchev–Trinajstić information content (AvgIpc) is 2.04. The van der Waals surface area contributed by atoms with Crippen molar-refractivity contribution in [2.24, 2.45) is 17.5 Å². The molecule has 1 aliphatic rings. The minimum absolute atomic E-state index is 0.773. The Balaban J connectivity index is 2.26. The zero-order valence-electron chi connectivity index (χ0n) is 8.50. The van der Waals surface area contributed by atoms with Crippen molar-refractivity contribution in [1.82, 2.24) is 5.01 Å². The molecule has 0 bridgehead atoms. The number of allylic oxidation sites excluding steroid dienone is 1. The monoisotopic (exact) mass is 183 g/mol. The van der Waals surface area contributed by atoms with Crippen LogP contribution in [0.2, 0.25) is 0 Å². The van der Waals surface area contributed by atoms with Crippen LogP contribution in [0.15, 0.2) is 11.9 Å². The van der Waals surface area contributed by atoms with Gasteiger partial charge in [0.2, 0.25) is 0 Å². The maximum atomic E-state index is 5.78. The second kappa shape index (κ2) is 5.12. The maximum Gasteiger partial charge on any atom is 0.0364 e. The fraction of sp³-hybridized carbons (Fsp3) is 0.800. The zero-order valence-corrected chi connectivity index (χ0v) is 8.50. The van der Waals surface area contributed by atoms with Crippen LogP contribution in [0, 0.1) is 5.92 Å². The summed E-state index contributed by atoms with van der Waals surface area (Å²) in [4.78, 5) is 0. The molecule has 0 spiro atoms. The lowest BCUT2D eigenvalue weighted by Gasteiger charge is -2.25. The fourth-order valence-electron chi connectivity index (χ4n) is 1.98. The number of hydrazine groups is 1. The normalized spacial score (nSPS) is 20.3. The topological polar surface area (TPSA) is 55.3 Å². The van der Waals surface area contributed by atoms with E-state index in [0.717, 1.165) is 18.2 Å². The van der Waals surface area contributed by atoms with Crippen molar-refractivity contribution in [3.63, 3.8) is 0 Å². The Kier molecular flexibility index (Phi) is 4.09. The summed E-state index contributed by atoms with van der Waals surface area (Å²) < 4.78 is 0. The summed E-state index contributed by atoms with van der Waals surface area (Å²) >= 11 is 0. The van der Waals surface area contributed by atoms with Crippen molar-refractivity contribution in [2.75, 3.05) is 6.54 Å². The van der Waals surface area contributed by atoms with E-state index in [1.165, 1.54) is 32.1 Å². The molecule has 3 heteroatoms. The SMILES string of the molecule is C/C(N)=C/N(N)CC1CCCCC1. The van der Waals surface area contributed by atoms with Crippen LogP contribution in [0.5, 0.6) is 0 Å². The highest BCUT2D eigenvalue weighted by atomic mass is 15.4. The molecule has 0 amide bonds. The largest absolute Gasteiger partial charge is 0.401 e. The summed E-state index contributed by atoms with van der Waals surface area (Å²) in [5.74, 6) is 6.55. The van der Waals surface area contributed by atoms with Crippen molar-refractivity contribution in [3.05, 3.63) is 11.9 Å². The van der Waals surface area contributed by atoms with E-state index in [0.29, 0.717) is 0 Å². The third-order valence-electron chi connectivity index (χ3n) is 2.56. The Morgan fingerprint density at radius 2 is 2.00 bits per heavy atom. The van der Waals surface area contributed by atoms with Crippen LogP contribution in [-0.2, 0) is 0 Å². The van der Waals surface area contributed by atoms with Crippen LogP contribution in [-0.4, -0.2) is 11.6 Å². The van der Waals surface area contributed by atoms with Crippen LogP contribution in [0.3, 0.4) is 0 Å². The van der Waals surface area contributed by atoms with Gasteiger partial charge in [0.1, 0.15) is 0 Å². The van der Waals surface area contributed by atoms with Crippen LogP contribution in [0.25, 0.3) is 0 Å². The summed E-state index contributed by atoms with van der Waals surface area (Å²) in [5, 5.41) is 1.73. The zero-order chi connectivity index (χ0) is 9.68. The van der Waals surface area contributed by atoms with E-state index in [-0.39, 0.29) is 0 Å². The number of nitrogens with zero attached hydrogens (tertiary/aromatic N) is 1. The Bertz CT molecular complexity index is 167. The standard InChI is InChI=1S/C10H21N3/c1-9(11)7-13(12)8-10-5-3-2-4-6-10/h7,10H,2-6,8,11-12H2,1H3/b9-7-. The smallest absolute Gasteiger partial charge is 0.0364 e. The van der Waals surface area contributed by atoms with Gasteiger partial charge in [-0.15, -0.1) is 0 Å². The molecule has 0 heterocycles. The van der Waals surface area contributed by atoms with Crippen molar-refractivity contribution in [1.29, 1.82) is 0 Å². The molecule has 0 aromatic heterocycles. The molecule has 0 radical (unpaired) electrons. The molecule has 0 aromatic carbocycles. The van der Waals surface area contributed by atoms with Crippen molar-refractivity contribution < 1.29 is 0 Å². The summed E-state index contributed by atoms with van der Waals surface area (Å²) in [5.41, 5.74) is 6.31. The number of rotatable bonds is 3. The molecule has 1 rings (SSSR count). The minimum atomic E-state index is 0.773. The van der Waals surface area contributed by atoms with E-state index in [2.05, 4.69) is 0 Å². The second-order valence-electron chi connectivity index (χ2n) is 4.07. The predicted molar refractivity (Wildman–Crippen MR) is 55.4 cm³/mol. The minimum Gasteiger partial charge on any atom is -0.401 e. The Hall–Kier alpha value is -0.700. The third kappa shape index (κ3) is 4.18. The predicted octanol–water partition coefficient (Wildman–Crippen LogP) is 1.56. The van der Waals surface area contributed by atoms with Gasteiger partial charge in [-0.1, -0.05) is 19.3 Å². The molecule has 0 aliphatic heterocycles. The van der Waals surface area contributed by atoms with E-state index < -0.39 is 0 Å². The van der Waals surface area contributed by atoms with Gasteiger partial charge >= 0.3 is 0 Å².